The Morgan fingerprint density at radius 1 is 1.00 bits per heavy atom. The number of nitrogens with one attached hydrogen (secondary N) is 2. The summed E-state index contributed by atoms with van der Waals surface area (Å²) in [4.78, 5) is 11.9. The Hall–Kier alpha value is -2.49. The van der Waals surface area contributed by atoms with Crippen molar-refractivity contribution in [1.82, 2.24) is 10.6 Å². The maximum atomic E-state index is 11.9. The van der Waals surface area contributed by atoms with Crippen LogP contribution in [0.25, 0.3) is 0 Å². The van der Waals surface area contributed by atoms with Crippen molar-refractivity contribution < 1.29 is 9.53 Å². The monoisotopic (exact) mass is 340 g/mol. The van der Waals surface area contributed by atoms with Crippen LogP contribution in [0, 0.1) is 13.8 Å². The Morgan fingerprint density at radius 3 is 2.40 bits per heavy atom. The van der Waals surface area contributed by atoms with E-state index in [1.54, 1.807) is 0 Å². The van der Waals surface area contributed by atoms with Crippen LogP contribution in [0.3, 0.4) is 0 Å². The number of benzene rings is 2. The normalized spacial score (nSPS) is 11.1. The molecule has 2 aromatic rings. The van der Waals surface area contributed by atoms with E-state index in [4.69, 9.17) is 4.74 Å². The van der Waals surface area contributed by atoms with Crippen LogP contribution in [0.1, 0.15) is 43.0 Å². The van der Waals surface area contributed by atoms with Crippen molar-refractivity contribution in [3.8, 4) is 5.75 Å². The number of amides is 2. The third-order valence-electron chi connectivity index (χ3n) is 3.94. The summed E-state index contributed by atoms with van der Waals surface area (Å²) < 4.78 is 5.79. The third kappa shape index (κ3) is 5.82. The molecule has 4 nitrogen and oxygen atoms in total. The van der Waals surface area contributed by atoms with Crippen molar-refractivity contribution in [2.24, 2.45) is 0 Å². The first-order valence-electron chi connectivity index (χ1n) is 8.57. The average Bonchev–Trinajstić information content (AvgIpc) is 2.53. The smallest absolute Gasteiger partial charge is 0.317 e. The molecule has 2 aromatic carbocycles. The lowest BCUT2D eigenvalue weighted by Crippen LogP contribution is -2.37. The standard InChI is InChI=1S/C21H28N2O2/c1-15-7-6-8-17(11-15)13-22-20(24)23-14-25-19-10-9-16(2)12-18(19)21(3,4)5/h6-12H,13-14H2,1-5H3,(H2,22,23,24). The topological polar surface area (TPSA) is 50.4 Å². The second kappa shape index (κ2) is 8.06. The van der Waals surface area contributed by atoms with Gasteiger partial charge < -0.3 is 15.4 Å². The third-order valence-corrected chi connectivity index (χ3v) is 3.94. The predicted molar refractivity (Wildman–Crippen MR) is 102 cm³/mol. The molecule has 0 radical (unpaired) electrons. The van der Waals surface area contributed by atoms with Crippen molar-refractivity contribution in [3.05, 3.63) is 64.7 Å². The molecule has 2 N–H and O–H groups in total. The van der Waals surface area contributed by atoms with Gasteiger partial charge in [0.2, 0.25) is 0 Å². The molecule has 0 saturated carbocycles. The maximum Gasteiger partial charge on any atom is 0.317 e. The van der Waals surface area contributed by atoms with Gasteiger partial charge in [-0.15, -0.1) is 0 Å². The van der Waals surface area contributed by atoms with Crippen molar-refractivity contribution in [2.75, 3.05) is 6.73 Å². The number of urea groups is 1. The summed E-state index contributed by atoms with van der Waals surface area (Å²) >= 11 is 0. The molecule has 134 valence electrons. The predicted octanol–water partition coefficient (Wildman–Crippen LogP) is 4.44. The van der Waals surface area contributed by atoms with Gasteiger partial charge in [0.05, 0.1) is 0 Å². The minimum absolute atomic E-state index is 0.0191. The van der Waals surface area contributed by atoms with Crippen molar-refractivity contribution in [2.45, 2.75) is 46.6 Å². The van der Waals surface area contributed by atoms with E-state index in [1.165, 1.54) is 11.1 Å². The molecule has 0 aliphatic rings. The SMILES string of the molecule is Cc1cccc(CNC(=O)NCOc2ccc(C)cc2C(C)(C)C)c1. The zero-order valence-corrected chi connectivity index (χ0v) is 15.8. The Labute approximate surface area is 150 Å². The van der Waals surface area contributed by atoms with Crippen LogP contribution in [0.15, 0.2) is 42.5 Å². The summed E-state index contributed by atoms with van der Waals surface area (Å²) in [5.74, 6) is 0.803. The zero-order valence-electron chi connectivity index (χ0n) is 15.8. The average molecular weight is 340 g/mol. The molecule has 4 heteroatoms. The van der Waals surface area contributed by atoms with Crippen molar-refractivity contribution in [1.29, 1.82) is 0 Å². The fourth-order valence-corrected chi connectivity index (χ4v) is 2.60. The van der Waals surface area contributed by atoms with Crippen molar-refractivity contribution >= 4 is 6.03 Å². The zero-order chi connectivity index (χ0) is 18.4. The van der Waals surface area contributed by atoms with Crippen LogP contribution in [-0.2, 0) is 12.0 Å². The summed E-state index contributed by atoms with van der Waals surface area (Å²) in [6, 6.07) is 13.9. The number of rotatable bonds is 5. The largest absolute Gasteiger partial charge is 0.473 e. The lowest BCUT2D eigenvalue weighted by molar-refractivity contribution is 0.222. The number of hydrogen-bond acceptors (Lipinski definition) is 2. The fourth-order valence-electron chi connectivity index (χ4n) is 2.60. The van der Waals surface area contributed by atoms with E-state index in [9.17, 15) is 4.79 Å². The molecule has 0 aliphatic carbocycles. The molecule has 0 aromatic heterocycles. The minimum Gasteiger partial charge on any atom is -0.473 e. The van der Waals surface area contributed by atoms with Crippen molar-refractivity contribution in [3.63, 3.8) is 0 Å². The Morgan fingerprint density at radius 2 is 1.72 bits per heavy atom. The molecule has 0 aliphatic heterocycles. The Bertz CT molecular complexity index is 733. The Kier molecular flexibility index (Phi) is 6.07. The van der Waals surface area contributed by atoms with Gasteiger partial charge in [0.1, 0.15) is 5.75 Å². The molecule has 0 unspecified atom stereocenters. The summed E-state index contributed by atoms with van der Waals surface area (Å²) in [7, 11) is 0. The lowest BCUT2D eigenvalue weighted by atomic mass is 9.85. The first-order chi connectivity index (χ1) is 11.8. The van der Waals surface area contributed by atoms with Gasteiger partial charge >= 0.3 is 6.03 Å². The highest BCUT2D eigenvalue weighted by Crippen LogP contribution is 2.31. The molecule has 0 bridgehead atoms. The molecule has 0 spiro atoms. The van der Waals surface area contributed by atoms with Gasteiger partial charge in [0.15, 0.2) is 6.73 Å². The van der Waals surface area contributed by atoms with Crippen LogP contribution < -0.4 is 15.4 Å². The highest BCUT2D eigenvalue weighted by molar-refractivity contribution is 5.73. The first-order valence-corrected chi connectivity index (χ1v) is 8.57. The Balaban J connectivity index is 1.85. The molecule has 2 rings (SSSR count). The van der Waals surface area contributed by atoms with E-state index >= 15 is 0 Å². The van der Waals surface area contributed by atoms with Crippen LogP contribution >= 0.6 is 0 Å². The summed E-state index contributed by atoms with van der Waals surface area (Å²) in [6.07, 6.45) is 0. The number of carbonyl (C=O) groups is 1. The van der Waals surface area contributed by atoms with Gasteiger partial charge in [-0.1, -0.05) is 68.3 Å². The van der Waals surface area contributed by atoms with E-state index in [2.05, 4.69) is 50.5 Å². The molecule has 25 heavy (non-hydrogen) atoms. The second-order valence-electron chi connectivity index (χ2n) is 7.39. The van der Waals surface area contributed by atoms with Crippen LogP contribution in [0.2, 0.25) is 0 Å². The van der Waals surface area contributed by atoms with Crippen LogP contribution in [0.5, 0.6) is 5.75 Å². The number of aryl methyl sites for hydroxylation is 2. The minimum atomic E-state index is -0.245. The number of hydrogen-bond donors (Lipinski definition) is 2. The first kappa shape index (κ1) is 18.8. The van der Waals surface area contributed by atoms with Gasteiger partial charge in [-0.3, -0.25) is 0 Å². The molecular formula is C21H28N2O2. The van der Waals surface area contributed by atoms with Crippen LogP contribution in [0.4, 0.5) is 4.79 Å². The van der Waals surface area contributed by atoms with Gasteiger partial charge in [-0.2, -0.15) is 0 Å². The summed E-state index contributed by atoms with van der Waals surface area (Å²) in [6.45, 7) is 11.2. The molecule has 2 amide bonds. The van der Waals surface area contributed by atoms with Gasteiger partial charge in [-0.25, -0.2) is 4.79 Å². The van der Waals surface area contributed by atoms with E-state index in [0.29, 0.717) is 6.54 Å². The molecule has 0 saturated heterocycles. The lowest BCUT2D eigenvalue weighted by Gasteiger charge is -2.23. The number of carbonyl (C=O) groups excluding carboxylic acids is 1. The second-order valence-corrected chi connectivity index (χ2v) is 7.39. The van der Waals surface area contributed by atoms with E-state index < -0.39 is 0 Å². The molecular weight excluding hydrogens is 312 g/mol. The highest BCUT2D eigenvalue weighted by atomic mass is 16.5. The van der Waals surface area contributed by atoms with Gasteiger partial charge in [-0.05, 0) is 36.5 Å². The number of ether oxygens (including phenoxy) is 1. The highest BCUT2D eigenvalue weighted by Gasteiger charge is 2.19. The maximum absolute atomic E-state index is 11.9. The molecule has 0 atom stereocenters. The molecule has 0 heterocycles. The summed E-state index contributed by atoms with van der Waals surface area (Å²) in [5.41, 5.74) is 4.56. The van der Waals surface area contributed by atoms with E-state index in [-0.39, 0.29) is 18.2 Å². The van der Waals surface area contributed by atoms with Gasteiger partial charge in [0.25, 0.3) is 0 Å². The molecule has 0 fully saturated rings. The van der Waals surface area contributed by atoms with E-state index in [1.807, 2.05) is 37.3 Å². The van der Waals surface area contributed by atoms with E-state index in [0.717, 1.165) is 16.9 Å². The summed E-state index contributed by atoms with van der Waals surface area (Å²) in [5, 5.41) is 5.57. The fraction of sp³-hybridized carbons (Fsp3) is 0.381. The van der Waals surface area contributed by atoms with Gasteiger partial charge in [0, 0.05) is 6.54 Å². The van der Waals surface area contributed by atoms with Crippen LogP contribution in [-0.4, -0.2) is 12.8 Å². The quantitative estimate of drug-likeness (QED) is 0.791.